The van der Waals surface area contributed by atoms with E-state index in [0.29, 0.717) is 15.7 Å². The van der Waals surface area contributed by atoms with Gasteiger partial charge in [-0.05, 0) is 17.7 Å². The maximum Gasteiger partial charge on any atom is 0.131 e. The third kappa shape index (κ3) is 1.69. The number of aromatic nitrogens is 1. The minimum absolute atomic E-state index is 0.0122. The van der Waals surface area contributed by atoms with Crippen molar-refractivity contribution < 1.29 is 5.11 Å². The van der Waals surface area contributed by atoms with E-state index in [1.807, 2.05) is 12.1 Å². The zero-order valence-electron chi connectivity index (χ0n) is 7.17. The Hall–Kier alpha value is -0.830. The van der Waals surface area contributed by atoms with Crippen molar-refractivity contribution in [2.24, 2.45) is 0 Å². The fraction of sp³-hybridized carbons (Fsp3) is 0.100. The van der Waals surface area contributed by atoms with Gasteiger partial charge in [-0.25, -0.2) is 4.98 Å². The van der Waals surface area contributed by atoms with Crippen molar-refractivity contribution in [3.8, 4) is 0 Å². The average molecular weight is 228 g/mol. The highest BCUT2D eigenvalue weighted by Gasteiger charge is 2.03. The Morgan fingerprint density at radius 2 is 2.00 bits per heavy atom. The molecular weight excluding hydrogens is 221 g/mol. The number of fused-ring (bicyclic) bond motifs is 1. The molecule has 0 unspecified atom stereocenters. The van der Waals surface area contributed by atoms with Crippen molar-refractivity contribution >= 4 is 34.1 Å². The van der Waals surface area contributed by atoms with Crippen LogP contribution >= 0.6 is 23.2 Å². The SMILES string of the molecule is OCc1ccc2c(Cl)cc(Cl)nc2c1. The summed E-state index contributed by atoms with van der Waals surface area (Å²) >= 11 is 11.7. The first kappa shape index (κ1) is 9.71. The molecule has 0 amide bonds. The number of rotatable bonds is 1. The summed E-state index contributed by atoms with van der Waals surface area (Å²) in [5.74, 6) is 0. The molecule has 2 nitrogen and oxygen atoms in total. The Labute approximate surface area is 91.1 Å². The van der Waals surface area contributed by atoms with Crippen molar-refractivity contribution in [2.45, 2.75) is 6.61 Å². The van der Waals surface area contributed by atoms with Gasteiger partial charge in [-0.1, -0.05) is 35.3 Å². The Bertz CT molecular complexity index is 485. The molecule has 0 aliphatic carbocycles. The van der Waals surface area contributed by atoms with Crippen LogP contribution in [0.5, 0.6) is 0 Å². The Morgan fingerprint density at radius 1 is 1.21 bits per heavy atom. The molecule has 2 rings (SSSR count). The second-order valence-electron chi connectivity index (χ2n) is 2.94. The zero-order chi connectivity index (χ0) is 10.1. The molecule has 0 saturated heterocycles. The predicted octanol–water partition coefficient (Wildman–Crippen LogP) is 3.03. The van der Waals surface area contributed by atoms with Crippen molar-refractivity contribution in [1.82, 2.24) is 4.98 Å². The standard InChI is InChI=1S/C10H7Cl2NO/c11-8-4-10(12)13-9-3-6(5-14)1-2-7(8)9/h1-4,14H,5H2. The maximum atomic E-state index is 8.94. The monoisotopic (exact) mass is 227 g/mol. The van der Waals surface area contributed by atoms with Crippen molar-refractivity contribution in [3.05, 3.63) is 40.0 Å². The predicted molar refractivity (Wildman–Crippen MR) is 57.7 cm³/mol. The Kier molecular flexibility index (Phi) is 2.59. The van der Waals surface area contributed by atoms with Gasteiger partial charge in [0.1, 0.15) is 5.15 Å². The van der Waals surface area contributed by atoms with Crippen LogP contribution in [0.25, 0.3) is 10.9 Å². The summed E-state index contributed by atoms with van der Waals surface area (Å²) in [4.78, 5) is 4.11. The smallest absolute Gasteiger partial charge is 0.131 e. The molecule has 1 aromatic carbocycles. The molecular formula is C10H7Cl2NO. The molecule has 0 saturated carbocycles. The lowest BCUT2D eigenvalue weighted by Crippen LogP contribution is -1.86. The summed E-state index contributed by atoms with van der Waals surface area (Å²) in [6, 6.07) is 7.01. The fourth-order valence-electron chi connectivity index (χ4n) is 1.30. The molecule has 0 aliphatic rings. The molecule has 14 heavy (non-hydrogen) atoms. The number of aliphatic hydroxyl groups is 1. The first-order valence-electron chi connectivity index (χ1n) is 4.06. The van der Waals surface area contributed by atoms with E-state index in [4.69, 9.17) is 28.3 Å². The number of hydrogen-bond donors (Lipinski definition) is 1. The van der Waals surface area contributed by atoms with Crippen LogP contribution in [0, 0.1) is 0 Å². The molecule has 2 aromatic rings. The van der Waals surface area contributed by atoms with Gasteiger partial charge in [0.2, 0.25) is 0 Å². The van der Waals surface area contributed by atoms with Gasteiger partial charge in [0.05, 0.1) is 17.1 Å². The summed E-state index contributed by atoms with van der Waals surface area (Å²) in [5.41, 5.74) is 1.50. The van der Waals surface area contributed by atoms with Crippen molar-refractivity contribution in [3.63, 3.8) is 0 Å². The number of benzene rings is 1. The van der Waals surface area contributed by atoms with E-state index in [9.17, 15) is 0 Å². The molecule has 0 spiro atoms. The molecule has 0 aliphatic heterocycles. The molecule has 0 bridgehead atoms. The van der Waals surface area contributed by atoms with Crippen molar-refractivity contribution in [1.29, 1.82) is 0 Å². The number of aliphatic hydroxyl groups excluding tert-OH is 1. The summed E-state index contributed by atoms with van der Waals surface area (Å²) < 4.78 is 0. The molecule has 0 fully saturated rings. The van der Waals surface area contributed by atoms with Gasteiger partial charge in [-0.2, -0.15) is 0 Å². The second kappa shape index (κ2) is 3.73. The van der Waals surface area contributed by atoms with Gasteiger partial charge in [0.25, 0.3) is 0 Å². The van der Waals surface area contributed by atoms with Crippen molar-refractivity contribution in [2.75, 3.05) is 0 Å². The topological polar surface area (TPSA) is 33.1 Å². The number of hydrogen-bond acceptors (Lipinski definition) is 2. The van der Waals surface area contributed by atoms with Crippen LogP contribution in [0.4, 0.5) is 0 Å². The van der Waals surface area contributed by atoms with E-state index in [2.05, 4.69) is 4.98 Å². The number of pyridine rings is 1. The Balaban J connectivity index is 2.75. The van der Waals surface area contributed by atoms with Crippen LogP contribution in [-0.4, -0.2) is 10.1 Å². The minimum Gasteiger partial charge on any atom is -0.392 e. The lowest BCUT2D eigenvalue weighted by atomic mass is 10.1. The van der Waals surface area contributed by atoms with Crippen LogP contribution in [0.3, 0.4) is 0 Å². The summed E-state index contributed by atoms with van der Waals surface area (Å²) in [6.07, 6.45) is 0. The van der Waals surface area contributed by atoms with Crippen LogP contribution in [0.1, 0.15) is 5.56 Å². The van der Waals surface area contributed by atoms with Crippen LogP contribution in [-0.2, 0) is 6.61 Å². The van der Waals surface area contributed by atoms with Crippen LogP contribution in [0.15, 0.2) is 24.3 Å². The van der Waals surface area contributed by atoms with Gasteiger partial charge in [0.15, 0.2) is 0 Å². The van der Waals surface area contributed by atoms with Gasteiger partial charge in [0, 0.05) is 5.39 Å². The third-order valence-corrected chi connectivity index (χ3v) is 2.48. The largest absolute Gasteiger partial charge is 0.392 e. The van der Waals surface area contributed by atoms with Crippen LogP contribution < -0.4 is 0 Å². The maximum absolute atomic E-state index is 8.94. The summed E-state index contributed by atoms with van der Waals surface area (Å²) in [6.45, 7) is -0.0122. The first-order valence-corrected chi connectivity index (χ1v) is 4.82. The van der Waals surface area contributed by atoms with Crippen LogP contribution in [0.2, 0.25) is 10.2 Å². The normalized spacial score (nSPS) is 10.8. The molecule has 1 heterocycles. The Morgan fingerprint density at radius 3 is 2.71 bits per heavy atom. The lowest BCUT2D eigenvalue weighted by Gasteiger charge is -2.02. The third-order valence-electron chi connectivity index (χ3n) is 1.98. The van der Waals surface area contributed by atoms with Gasteiger partial charge < -0.3 is 5.11 Å². The van der Waals surface area contributed by atoms with E-state index in [1.165, 1.54) is 0 Å². The van der Waals surface area contributed by atoms with E-state index in [-0.39, 0.29) is 6.61 Å². The zero-order valence-corrected chi connectivity index (χ0v) is 8.68. The highest BCUT2D eigenvalue weighted by molar-refractivity contribution is 6.37. The highest BCUT2D eigenvalue weighted by Crippen LogP contribution is 2.25. The summed E-state index contributed by atoms with van der Waals surface area (Å²) in [5, 5.41) is 10.7. The number of nitrogens with zero attached hydrogens (tertiary/aromatic N) is 1. The van der Waals surface area contributed by atoms with E-state index in [0.717, 1.165) is 10.9 Å². The van der Waals surface area contributed by atoms with E-state index in [1.54, 1.807) is 12.1 Å². The molecule has 1 N–H and O–H groups in total. The average Bonchev–Trinajstić information content (AvgIpc) is 2.16. The van der Waals surface area contributed by atoms with E-state index < -0.39 is 0 Å². The fourth-order valence-corrected chi connectivity index (χ4v) is 1.82. The first-order chi connectivity index (χ1) is 6.70. The molecule has 4 heteroatoms. The van der Waals surface area contributed by atoms with E-state index >= 15 is 0 Å². The molecule has 0 atom stereocenters. The molecule has 1 aromatic heterocycles. The molecule has 0 radical (unpaired) electrons. The van der Waals surface area contributed by atoms with Gasteiger partial charge in [-0.15, -0.1) is 0 Å². The van der Waals surface area contributed by atoms with Gasteiger partial charge >= 0.3 is 0 Å². The molecule has 72 valence electrons. The quantitative estimate of drug-likeness (QED) is 0.761. The number of halogens is 2. The highest BCUT2D eigenvalue weighted by atomic mass is 35.5. The second-order valence-corrected chi connectivity index (χ2v) is 3.73. The van der Waals surface area contributed by atoms with Gasteiger partial charge in [-0.3, -0.25) is 0 Å². The lowest BCUT2D eigenvalue weighted by molar-refractivity contribution is 0.282. The minimum atomic E-state index is -0.0122. The summed E-state index contributed by atoms with van der Waals surface area (Å²) in [7, 11) is 0.